The largest absolute Gasteiger partial charge is 0.466 e. The number of fused-ring (bicyclic) bond motifs is 1. The number of hydrogen-bond donors (Lipinski definition) is 0. The minimum Gasteiger partial charge on any atom is -0.466 e. The van der Waals surface area contributed by atoms with Crippen LogP contribution in [0.2, 0.25) is 0 Å². The highest BCUT2D eigenvalue weighted by molar-refractivity contribution is 7.15. The number of nitrogens with zero attached hydrogens (tertiary/aromatic N) is 4. The fraction of sp³-hybridized carbons (Fsp3) is 0.259. The van der Waals surface area contributed by atoms with Gasteiger partial charge in [0, 0.05) is 21.1 Å². The maximum atomic E-state index is 13.8. The smallest absolute Gasteiger partial charge is 0.338 e. The molecule has 0 radical (unpaired) electrons. The predicted molar refractivity (Wildman–Crippen MR) is 147 cm³/mol. The SMILES string of the molecule is COC(=O)C1=C(C)N=c2sc(=Cc3cc(C)n(-c4sc(C)c(C)c4C#N)c3C)c(=O)n2C1c1cccs1. The van der Waals surface area contributed by atoms with Crippen molar-refractivity contribution in [3.63, 3.8) is 0 Å². The molecule has 10 heteroatoms. The maximum absolute atomic E-state index is 13.8. The highest BCUT2D eigenvalue weighted by Crippen LogP contribution is 2.34. The highest BCUT2D eigenvalue weighted by Gasteiger charge is 2.33. The fourth-order valence-corrected chi connectivity index (χ4v) is 7.77. The quantitative estimate of drug-likeness (QED) is 0.353. The molecule has 0 fully saturated rings. The molecule has 0 aromatic carbocycles. The number of hydrogen-bond acceptors (Lipinski definition) is 8. The summed E-state index contributed by atoms with van der Waals surface area (Å²) >= 11 is 4.38. The average molecular weight is 549 g/mol. The molecule has 1 atom stereocenters. The third kappa shape index (κ3) is 3.94. The van der Waals surface area contributed by atoms with E-state index in [1.165, 1.54) is 29.8 Å². The number of nitriles is 1. The molecule has 37 heavy (non-hydrogen) atoms. The normalized spacial score (nSPS) is 15.5. The van der Waals surface area contributed by atoms with Gasteiger partial charge in [0.15, 0.2) is 4.80 Å². The van der Waals surface area contributed by atoms with Crippen molar-refractivity contribution in [1.29, 1.82) is 5.26 Å². The van der Waals surface area contributed by atoms with Crippen LogP contribution in [0.15, 0.2) is 44.6 Å². The zero-order chi connectivity index (χ0) is 26.6. The van der Waals surface area contributed by atoms with E-state index in [0.29, 0.717) is 26.2 Å². The number of esters is 1. The van der Waals surface area contributed by atoms with E-state index in [9.17, 15) is 14.9 Å². The molecule has 5 heterocycles. The van der Waals surface area contributed by atoms with Crippen LogP contribution in [0.1, 0.15) is 50.8 Å². The average Bonchev–Trinajstić information content (AvgIpc) is 3.62. The lowest BCUT2D eigenvalue weighted by Gasteiger charge is -2.22. The predicted octanol–water partition coefficient (Wildman–Crippen LogP) is 4.43. The van der Waals surface area contributed by atoms with Crippen LogP contribution in [0.5, 0.6) is 0 Å². The van der Waals surface area contributed by atoms with E-state index in [2.05, 4.69) is 15.6 Å². The first-order valence-corrected chi connectivity index (χ1v) is 14.0. The first-order valence-electron chi connectivity index (χ1n) is 11.5. The number of rotatable bonds is 4. The van der Waals surface area contributed by atoms with Gasteiger partial charge in [0.1, 0.15) is 17.1 Å². The van der Waals surface area contributed by atoms with E-state index >= 15 is 0 Å². The van der Waals surface area contributed by atoms with Crippen LogP contribution >= 0.6 is 34.0 Å². The van der Waals surface area contributed by atoms with Crippen molar-refractivity contribution in [2.24, 2.45) is 4.99 Å². The monoisotopic (exact) mass is 548 g/mol. The van der Waals surface area contributed by atoms with Crippen molar-refractivity contribution in [3.8, 4) is 11.1 Å². The van der Waals surface area contributed by atoms with Gasteiger partial charge in [-0.05, 0) is 69.3 Å². The van der Waals surface area contributed by atoms with E-state index < -0.39 is 12.0 Å². The topological polar surface area (TPSA) is 89.4 Å². The lowest BCUT2D eigenvalue weighted by molar-refractivity contribution is -0.136. The Kier molecular flexibility index (Phi) is 6.40. The van der Waals surface area contributed by atoms with E-state index in [1.54, 1.807) is 22.8 Å². The summed E-state index contributed by atoms with van der Waals surface area (Å²) in [7, 11) is 1.34. The number of aryl methyl sites for hydroxylation is 2. The minimum absolute atomic E-state index is 0.207. The van der Waals surface area contributed by atoms with E-state index in [4.69, 9.17) is 4.74 Å². The van der Waals surface area contributed by atoms with Crippen LogP contribution in [0.25, 0.3) is 11.1 Å². The van der Waals surface area contributed by atoms with Crippen LogP contribution in [-0.4, -0.2) is 22.2 Å². The van der Waals surface area contributed by atoms with Crippen LogP contribution in [0.3, 0.4) is 0 Å². The zero-order valence-electron chi connectivity index (χ0n) is 21.2. The van der Waals surface area contributed by atoms with Crippen LogP contribution in [-0.2, 0) is 9.53 Å². The molecule has 1 unspecified atom stereocenters. The number of carbonyl (C=O) groups is 1. The van der Waals surface area contributed by atoms with Crippen molar-refractivity contribution in [1.82, 2.24) is 9.13 Å². The standard InChI is InChI=1S/C27H24N4O3S3/c1-13-10-18(16(4)30(13)25-19(12-28)14(2)17(5)36-25)11-21-24(32)31-23(20-8-7-9-35-20)22(26(33)34-6)15(3)29-27(31)37-21/h7-11,23H,1-6H3. The second-order valence-corrected chi connectivity index (χ2v) is 12.0. The summed E-state index contributed by atoms with van der Waals surface area (Å²) < 4.78 is 9.26. The summed E-state index contributed by atoms with van der Waals surface area (Å²) in [5, 5.41) is 12.6. The van der Waals surface area contributed by atoms with Gasteiger partial charge in [0.2, 0.25) is 0 Å². The van der Waals surface area contributed by atoms with Gasteiger partial charge in [-0.15, -0.1) is 22.7 Å². The molecular formula is C27H24N4O3S3. The van der Waals surface area contributed by atoms with Gasteiger partial charge in [0.25, 0.3) is 5.56 Å². The third-order valence-corrected chi connectivity index (χ3v) is 9.78. The molecule has 0 amide bonds. The maximum Gasteiger partial charge on any atom is 0.338 e. The molecular weight excluding hydrogens is 525 g/mol. The number of methoxy groups -OCH3 is 1. The summed E-state index contributed by atoms with van der Waals surface area (Å²) in [6.07, 6.45) is 1.88. The van der Waals surface area contributed by atoms with Crippen LogP contribution in [0, 0.1) is 39.0 Å². The number of thiazole rings is 1. The van der Waals surface area contributed by atoms with Crippen molar-refractivity contribution >= 4 is 46.1 Å². The molecule has 1 aliphatic rings. The Morgan fingerprint density at radius 2 is 1.97 bits per heavy atom. The fourth-order valence-electron chi connectivity index (χ4n) is 4.69. The molecule has 0 aliphatic carbocycles. The highest BCUT2D eigenvalue weighted by atomic mass is 32.1. The third-order valence-electron chi connectivity index (χ3n) is 6.68. The number of aromatic nitrogens is 2. The van der Waals surface area contributed by atoms with Gasteiger partial charge in [0.05, 0.1) is 28.5 Å². The van der Waals surface area contributed by atoms with E-state index in [1.807, 2.05) is 57.4 Å². The molecule has 0 bridgehead atoms. The first kappa shape index (κ1) is 25.1. The minimum atomic E-state index is -0.589. The van der Waals surface area contributed by atoms with Gasteiger partial charge in [-0.2, -0.15) is 5.26 Å². The Balaban J connectivity index is 1.71. The van der Waals surface area contributed by atoms with Gasteiger partial charge in [-0.25, -0.2) is 9.79 Å². The van der Waals surface area contributed by atoms with Gasteiger partial charge >= 0.3 is 5.97 Å². The summed E-state index contributed by atoms with van der Waals surface area (Å²) in [6.45, 7) is 9.76. The molecule has 4 aromatic rings. The molecule has 1 aliphatic heterocycles. The van der Waals surface area contributed by atoms with Crippen molar-refractivity contribution in [2.75, 3.05) is 7.11 Å². The number of thiophene rings is 2. The Morgan fingerprint density at radius 1 is 1.22 bits per heavy atom. The number of ether oxygens (including phenoxy) is 1. The molecule has 4 aromatic heterocycles. The van der Waals surface area contributed by atoms with Crippen LogP contribution < -0.4 is 14.9 Å². The Morgan fingerprint density at radius 3 is 2.62 bits per heavy atom. The first-order chi connectivity index (χ1) is 17.7. The number of allylic oxidation sites excluding steroid dienone is 1. The summed E-state index contributed by atoms with van der Waals surface area (Å²) in [5.74, 6) is -0.493. The molecule has 0 saturated carbocycles. The Labute approximate surface area is 225 Å². The van der Waals surface area contributed by atoms with Crippen molar-refractivity contribution < 1.29 is 9.53 Å². The van der Waals surface area contributed by atoms with E-state index in [-0.39, 0.29) is 5.56 Å². The summed E-state index contributed by atoms with van der Waals surface area (Å²) in [6, 6.07) is 7.61. The molecule has 0 saturated heterocycles. The lowest BCUT2D eigenvalue weighted by atomic mass is 10.0. The second-order valence-electron chi connectivity index (χ2n) is 8.83. The van der Waals surface area contributed by atoms with Gasteiger partial charge in [-0.1, -0.05) is 17.4 Å². The van der Waals surface area contributed by atoms with Crippen LogP contribution in [0.4, 0.5) is 0 Å². The molecule has 7 nitrogen and oxygen atoms in total. The van der Waals surface area contributed by atoms with Crippen molar-refractivity contribution in [3.05, 3.63) is 92.4 Å². The Hall–Kier alpha value is -3.52. The Bertz CT molecular complexity index is 1820. The number of carbonyl (C=O) groups excluding carboxylic acids is 1. The van der Waals surface area contributed by atoms with Crippen molar-refractivity contribution in [2.45, 2.75) is 40.7 Å². The summed E-state index contributed by atoms with van der Waals surface area (Å²) in [5.41, 5.74) is 5.20. The van der Waals surface area contributed by atoms with E-state index in [0.717, 1.165) is 37.3 Å². The zero-order valence-corrected chi connectivity index (χ0v) is 23.7. The summed E-state index contributed by atoms with van der Waals surface area (Å²) in [4.78, 5) is 33.6. The van der Waals surface area contributed by atoms with Gasteiger partial charge in [-0.3, -0.25) is 9.36 Å². The second kappa shape index (κ2) is 9.41. The molecule has 0 N–H and O–H groups in total. The van der Waals surface area contributed by atoms with Gasteiger partial charge < -0.3 is 9.30 Å². The lowest BCUT2D eigenvalue weighted by Crippen LogP contribution is -2.39. The molecule has 0 spiro atoms. The molecule has 5 rings (SSSR count). The molecule has 188 valence electrons.